The SMILES string of the molecule is COc1ccc(C(C#N)(CCCCCN2CCc3cc(OC)c(OC)cc3C2)Sc2ccccn2)cc1OC. The van der Waals surface area contributed by atoms with Crippen molar-refractivity contribution in [2.75, 3.05) is 41.5 Å². The zero-order valence-electron chi connectivity index (χ0n) is 23.2. The highest BCUT2D eigenvalue weighted by molar-refractivity contribution is 8.00. The Hall–Kier alpha value is -3.41. The molecule has 2 aromatic carbocycles. The Kier molecular flexibility index (Phi) is 9.96. The van der Waals surface area contributed by atoms with Gasteiger partial charge in [0.05, 0.1) is 39.5 Å². The molecule has 0 N–H and O–H groups in total. The van der Waals surface area contributed by atoms with Crippen LogP contribution < -0.4 is 18.9 Å². The number of unbranched alkanes of at least 4 members (excludes halogenated alkanes) is 2. The normalized spacial score (nSPS) is 14.5. The predicted molar refractivity (Wildman–Crippen MR) is 154 cm³/mol. The van der Waals surface area contributed by atoms with Crippen molar-refractivity contribution < 1.29 is 18.9 Å². The fourth-order valence-electron chi connectivity index (χ4n) is 5.09. The first-order valence-corrected chi connectivity index (χ1v) is 14.1. The molecule has 0 radical (unpaired) electrons. The lowest BCUT2D eigenvalue weighted by molar-refractivity contribution is 0.246. The Balaban J connectivity index is 1.40. The summed E-state index contributed by atoms with van der Waals surface area (Å²) in [5.41, 5.74) is 3.54. The molecule has 8 heteroatoms. The van der Waals surface area contributed by atoms with Gasteiger partial charge in [-0.3, -0.25) is 4.90 Å². The van der Waals surface area contributed by atoms with Gasteiger partial charge >= 0.3 is 0 Å². The molecule has 0 spiro atoms. The van der Waals surface area contributed by atoms with Crippen LogP contribution in [0.5, 0.6) is 23.0 Å². The van der Waals surface area contributed by atoms with Crippen molar-refractivity contribution in [3.63, 3.8) is 0 Å². The predicted octanol–water partition coefficient (Wildman–Crippen LogP) is 6.25. The molecule has 1 unspecified atom stereocenters. The molecule has 39 heavy (non-hydrogen) atoms. The van der Waals surface area contributed by atoms with Crippen LogP contribution in [-0.4, -0.2) is 51.4 Å². The van der Waals surface area contributed by atoms with E-state index < -0.39 is 4.75 Å². The summed E-state index contributed by atoms with van der Waals surface area (Å²) in [5, 5.41) is 11.3. The van der Waals surface area contributed by atoms with Crippen LogP contribution in [0.3, 0.4) is 0 Å². The molecule has 0 saturated heterocycles. The number of ether oxygens (including phenoxy) is 4. The molecule has 0 fully saturated rings. The molecule has 0 amide bonds. The highest BCUT2D eigenvalue weighted by atomic mass is 32.2. The van der Waals surface area contributed by atoms with Crippen LogP contribution in [0.1, 0.15) is 42.4 Å². The number of hydrogen-bond donors (Lipinski definition) is 0. The third kappa shape index (κ3) is 6.78. The molecule has 2 heterocycles. The Morgan fingerprint density at radius 2 is 1.59 bits per heavy atom. The van der Waals surface area contributed by atoms with E-state index in [1.54, 1.807) is 34.6 Å². The lowest BCUT2D eigenvalue weighted by Gasteiger charge is -2.30. The minimum Gasteiger partial charge on any atom is -0.493 e. The van der Waals surface area contributed by atoms with Crippen molar-refractivity contribution in [2.24, 2.45) is 0 Å². The fourth-order valence-corrected chi connectivity index (χ4v) is 6.24. The van der Waals surface area contributed by atoms with Crippen molar-refractivity contribution >= 4 is 11.8 Å². The number of benzene rings is 2. The van der Waals surface area contributed by atoms with Crippen molar-refractivity contribution in [3.05, 3.63) is 71.4 Å². The summed E-state index contributed by atoms with van der Waals surface area (Å²) in [6, 6.07) is 18.4. The van der Waals surface area contributed by atoms with Crippen molar-refractivity contribution in [3.8, 4) is 29.1 Å². The van der Waals surface area contributed by atoms with Crippen molar-refractivity contribution in [2.45, 2.75) is 48.4 Å². The van der Waals surface area contributed by atoms with Gasteiger partial charge < -0.3 is 18.9 Å². The van der Waals surface area contributed by atoms with Gasteiger partial charge in [0, 0.05) is 19.3 Å². The Bertz CT molecular complexity index is 1280. The fraction of sp³-hybridized carbons (Fsp3) is 0.419. The quantitative estimate of drug-likeness (QED) is 0.184. The van der Waals surface area contributed by atoms with Crippen LogP contribution in [0, 0.1) is 11.3 Å². The van der Waals surface area contributed by atoms with Gasteiger partial charge in [0.25, 0.3) is 0 Å². The molecule has 7 nitrogen and oxygen atoms in total. The largest absolute Gasteiger partial charge is 0.493 e. The molecule has 206 valence electrons. The van der Waals surface area contributed by atoms with Crippen molar-refractivity contribution in [1.82, 2.24) is 9.88 Å². The summed E-state index contributed by atoms with van der Waals surface area (Å²) in [7, 11) is 6.60. The van der Waals surface area contributed by atoms with Crippen LogP contribution in [-0.2, 0) is 17.7 Å². The zero-order valence-corrected chi connectivity index (χ0v) is 24.1. The van der Waals surface area contributed by atoms with E-state index in [2.05, 4.69) is 28.1 Å². The lowest BCUT2D eigenvalue weighted by atomic mass is 9.92. The summed E-state index contributed by atoms with van der Waals surface area (Å²) in [4.78, 5) is 7.00. The third-order valence-electron chi connectivity index (χ3n) is 7.25. The number of thioether (sulfide) groups is 1. The van der Waals surface area contributed by atoms with Gasteiger partial charge in [-0.15, -0.1) is 0 Å². The van der Waals surface area contributed by atoms with Crippen molar-refractivity contribution in [1.29, 1.82) is 5.26 Å². The molecular weight excluding hydrogens is 510 g/mol. The van der Waals surface area contributed by atoms with E-state index in [0.29, 0.717) is 17.9 Å². The molecule has 3 aromatic rings. The minimum absolute atomic E-state index is 0.621. The van der Waals surface area contributed by atoms with E-state index in [4.69, 9.17) is 18.9 Å². The van der Waals surface area contributed by atoms with Gasteiger partial charge in [0.15, 0.2) is 23.0 Å². The highest BCUT2D eigenvalue weighted by Crippen LogP contribution is 2.46. The standard InChI is InChI=1S/C31H37N3O4S/c1-35-26-12-11-25(20-29(26)38-4)31(22-32,39-30-10-6-8-15-33-30)14-7-5-9-16-34-17-13-23-18-27(36-2)28(37-3)19-24(23)21-34/h6,8,10-12,15,18-20H,5,7,9,13-14,16-17,21H2,1-4H3. The van der Waals surface area contributed by atoms with E-state index in [9.17, 15) is 5.26 Å². The minimum atomic E-state index is -0.784. The van der Waals surface area contributed by atoms with Crippen LogP contribution in [0.15, 0.2) is 59.8 Å². The first-order valence-electron chi connectivity index (χ1n) is 13.3. The number of hydrogen-bond acceptors (Lipinski definition) is 8. The zero-order chi connectivity index (χ0) is 27.7. The van der Waals surface area contributed by atoms with Crippen LogP contribution in [0.2, 0.25) is 0 Å². The number of pyridine rings is 1. The summed E-state index contributed by atoms with van der Waals surface area (Å²) in [6.07, 6.45) is 6.52. The van der Waals surface area contributed by atoms with E-state index in [-0.39, 0.29) is 0 Å². The summed E-state index contributed by atoms with van der Waals surface area (Å²) < 4.78 is 21.2. The molecule has 4 rings (SSSR count). The van der Waals surface area contributed by atoms with Crippen LogP contribution in [0.4, 0.5) is 0 Å². The Morgan fingerprint density at radius 3 is 2.26 bits per heavy atom. The number of nitriles is 1. The summed E-state index contributed by atoms with van der Waals surface area (Å²) in [5.74, 6) is 2.85. The van der Waals surface area contributed by atoms with Crippen LogP contribution in [0.25, 0.3) is 0 Å². The highest BCUT2D eigenvalue weighted by Gasteiger charge is 2.35. The molecule has 1 aliphatic rings. The molecular formula is C31H37N3O4S. The first-order chi connectivity index (χ1) is 19.0. The van der Waals surface area contributed by atoms with Gasteiger partial charge in [-0.1, -0.05) is 36.7 Å². The van der Waals surface area contributed by atoms with E-state index >= 15 is 0 Å². The van der Waals surface area contributed by atoms with E-state index in [1.807, 2.05) is 36.4 Å². The van der Waals surface area contributed by atoms with E-state index in [0.717, 1.165) is 67.4 Å². The van der Waals surface area contributed by atoms with Gasteiger partial charge in [0.1, 0.15) is 4.75 Å². The maximum atomic E-state index is 10.5. The number of nitrogens with zero attached hydrogens (tertiary/aromatic N) is 3. The van der Waals surface area contributed by atoms with Gasteiger partial charge in [-0.25, -0.2) is 4.98 Å². The monoisotopic (exact) mass is 547 g/mol. The second-order valence-corrected chi connectivity index (χ2v) is 10.9. The average molecular weight is 548 g/mol. The van der Waals surface area contributed by atoms with Gasteiger partial charge in [0.2, 0.25) is 0 Å². The lowest BCUT2D eigenvalue weighted by Crippen LogP contribution is -2.31. The Morgan fingerprint density at radius 1 is 0.872 bits per heavy atom. The summed E-state index contributed by atoms with van der Waals surface area (Å²) in [6.45, 7) is 2.97. The first kappa shape index (κ1) is 28.6. The topological polar surface area (TPSA) is 76.8 Å². The molecule has 1 aromatic heterocycles. The second-order valence-electron chi connectivity index (χ2n) is 9.59. The van der Waals surface area contributed by atoms with E-state index in [1.165, 1.54) is 22.9 Å². The number of aromatic nitrogens is 1. The molecule has 1 atom stereocenters. The van der Waals surface area contributed by atoms with Gasteiger partial charge in [-0.05, 0) is 78.9 Å². The average Bonchev–Trinajstić information content (AvgIpc) is 2.99. The van der Waals surface area contributed by atoms with Crippen LogP contribution >= 0.6 is 11.8 Å². The summed E-state index contributed by atoms with van der Waals surface area (Å²) >= 11 is 1.51. The van der Waals surface area contributed by atoms with Gasteiger partial charge in [-0.2, -0.15) is 5.26 Å². The third-order valence-corrected chi connectivity index (χ3v) is 8.58. The number of rotatable bonds is 13. The molecule has 1 aliphatic heterocycles. The molecule has 0 saturated carbocycles. The molecule has 0 bridgehead atoms. The second kappa shape index (κ2) is 13.6. The maximum absolute atomic E-state index is 10.5. The maximum Gasteiger partial charge on any atom is 0.161 e. The number of fused-ring (bicyclic) bond motifs is 1. The molecule has 0 aliphatic carbocycles. The number of methoxy groups -OCH3 is 4. The smallest absolute Gasteiger partial charge is 0.161 e. The Labute approximate surface area is 236 Å².